The van der Waals surface area contributed by atoms with Crippen LogP contribution in [0.25, 0.3) is 0 Å². The van der Waals surface area contributed by atoms with Crippen molar-refractivity contribution in [3.8, 4) is 0 Å². The number of rotatable bonds is 4. The molecule has 0 radical (unpaired) electrons. The number of benzene rings is 1. The van der Waals surface area contributed by atoms with E-state index in [9.17, 15) is 14.9 Å². The fraction of sp³-hybridized carbons (Fsp3) is 0.462. The van der Waals surface area contributed by atoms with E-state index in [0.717, 1.165) is 32.4 Å². The Morgan fingerprint density at radius 2 is 2.00 bits per heavy atom. The van der Waals surface area contributed by atoms with Gasteiger partial charge in [-0.15, -0.1) is 0 Å². The molecule has 2 N–H and O–H groups in total. The third-order valence-electron chi connectivity index (χ3n) is 3.38. The number of hydrogen-bond acceptors (Lipinski definition) is 5. The third-order valence-corrected chi connectivity index (χ3v) is 3.38. The van der Waals surface area contributed by atoms with E-state index in [1.807, 2.05) is 4.90 Å². The lowest BCUT2D eigenvalue weighted by atomic mass is 10.1. The van der Waals surface area contributed by atoms with Crippen molar-refractivity contribution >= 4 is 17.2 Å². The van der Waals surface area contributed by atoms with E-state index >= 15 is 0 Å². The van der Waals surface area contributed by atoms with Gasteiger partial charge < -0.3 is 10.6 Å². The number of Topliss-reactive ketones (excluding diaryl/α,β-unsaturated/α-hetero) is 1. The van der Waals surface area contributed by atoms with Gasteiger partial charge in [-0.1, -0.05) is 0 Å². The second-order valence-corrected chi connectivity index (χ2v) is 4.64. The highest BCUT2D eigenvalue weighted by Crippen LogP contribution is 2.31. The molecule has 1 fully saturated rings. The standard InChI is InChI=1S/C13H17N3O3/c14-9-13(17)10-4-5-11(12(8-10)16(18)19)15-6-2-1-3-7-15/h4-5,8H,1-3,6-7,9,14H2. The first-order chi connectivity index (χ1) is 9.13. The topological polar surface area (TPSA) is 89.5 Å². The van der Waals surface area contributed by atoms with Gasteiger partial charge in [-0.3, -0.25) is 14.9 Å². The number of nitrogens with zero attached hydrogens (tertiary/aromatic N) is 2. The molecule has 1 saturated heterocycles. The van der Waals surface area contributed by atoms with Gasteiger partial charge in [0.15, 0.2) is 5.78 Å². The number of nitrogens with two attached hydrogens (primary N) is 1. The summed E-state index contributed by atoms with van der Waals surface area (Å²) in [5, 5.41) is 11.2. The summed E-state index contributed by atoms with van der Waals surface area (Å²) in [7, 11) is 0. The van der Waals surface area contributed by atoms with E-state index in [2.05, 4.69) is 0 Å². The largest absolute Gasteiger partial charge is 0.366 e. The zero-order valence-electron chi connectivity index (χ0n) is 10.7. The number of nitro benzene ring substituents is 1. The van der Waals surface area contributed by atoms with Crippen molar-refractivity contribution in [3.63, 3.8) is 0 Å². The molecule has 102 valence electrons. The number of carbonyl (C=O) groups is 1. The lowest BCUT2D eigenvalue weighted by Gasteiger charge is -2.28. The minimum absolute atomic E-state index is 0.0128. The van der Waals surface area contributed by atoms with E-state index in [-0.39, 0.29) is 18.0 Å². The Kier molecular flexibility index (Phi) is 4.11. The molecule has 1 aromatic carbocycles. The quantitative estimate of drug-likeness (QED) is 0.507. The Morgan fingerprint density at radius 1 is 1.32 bits per heavy atom. The molecule has 0 bridgehead atoms. The second-order valence-electron chi connectivity index (χ2n) is 4.64. The normalized spacial score (nSPS) is 15.3. The SMILES string of the molecule is NCC(=O)c1ccc(N2CCCCC2)c([N+](=O)[O-])c1. The summed E-state index contributed by atoms with van der Waals surface area (Å²) >= 11 is 0. The van der Waals surface area contributed by atoms with Gasteiger partial charge in [0.2, 0.25) is 0 Å². The van der Waals surface area contributed by atoms with Crippen LogP contribution in [-0.4, -0.2) is 30.3 Å². The molecule has 0 saturated carbocycles. The van der Waals surface area contributed by atoms with Crippen LogP contribution < -0.4 is 10.6 Å². The summed E-state index contributed by atoms with van der Waals surface area (Å²) in [6.07, 6.45) is 3.25. The number of ketones is 1. The highest BCUT2D eigenvalue weighted by Gasteiger charge is 2.22. The molecule has 0 unspecified atom stereocenters. The van der Waals surface area contributed by atoms with E-state index < -0.39 is 4.92 Å². The van der Waals surface area contributed by atoms with Crippen molar-refractivity contribution in [1.82, 2.24) is 0 Å². The lowest BCUT2D eigenvalue weighted by Crippen LogP contribution is -2.30. The monoisotopic (exact) mass is 263 g/mol. The Hall–Kier alpha value is -1.95. The molecule has 1 heterocycles. The molecule has 0 atom stereocenters. The molecule has 6 heteroatoms. The average Bonchev–Trinajstić information content (AvgIpc) is 2.46. The number of piperidine rings is 1. The van der Waals surface area contributed by atoms with Gasteiger partial charge in [0, 0.05) is 24.7 Å². The molecule has 1 aromatic rings. The summed E-state index contributed by atoms with van der Waals surface area (Å²) < 4.78 is 0. The van der Waals surface area contributed by atoms with Gasteiger partial charge >= 0.3 is 0 Å². The van der Waals surface area contributed by atoms with Gasteiger partial charge in [0.25, 0.3) is 5.69 Å². The molecule has 19 heavy (non-hydrogen) atoms. The molecule has 0 aromatic heterocycles. The molecule has 1 aliphatic rings. The Bertz CT molecular complexity index is 496. The van der Waals surface area contributed by atoms with Crippen LogP contribution in [0.15, 0.2) is 18.2 Å². The average molecular weight is 263 g/mol. The zero-order chi connectivity index (χ0) is 13.8. The predicted molar refractivity (Wildman–Crippen MR) is 72.5 cm³/mol. The summed E-state index contributed by atoms with van der Waals surface area (Å²) in [4.78, 5) is 24.3. The lowest BCUT2D eigenvalue weighted by molar-refractivity contribution is -0.384. The molecule has 0 aliphatic carbocycles. The first-order valence-corrected chi connectivity index (χ1v) is 6.40. The van der Waals surface area contributed by atoms with Gasteiger partial charge in [-0.05, 0) is 31.4 Å². The van der Waals surface area contributed by atoms with Crippen molar-refractivity contribution in [2.24, 2.45) is 5.73 Å². The third kappa shape index (κ3) is 2.90. The van der Waals surface area contributed by atoms with Crippen LogP contribution in [0.1, 0.15) is 29.6 Å². The Labute approximate surface area is 111 Å². The number of hydrogen-bond donors (Lipinski definition) is 1. The smallest absolute Gasteiger partial charge is 0.293 e. The molecule has 0 spiro atoms. The summed E-state index contributed by atoms with van der Waals surface area (Å²) in [6.45, 7) is 1.51. The van der Waals surface area contributed by atoms with Crippen molar-refractivity contribution < 1.29 is 9.72 Å². The van der Waals surface area contributed by atoms with Crippen molar-refractivity contribution in [1.29, 1.82) is 0 Å². The van der Waals surface area contributed by atoms with E-state index in [0.29, 0.717) is 11.3 Å². The molecule has 1 aliphatic heterocycles. The van der Waals surface area contributed by atoms with Gasteiger partial charge in [0.05, 0.1) is 11.5 Å². The molecule has 6 nitrogen and oxygen atoms in total. The van der Waals surface area contributed by atoms with E-state index in [1.54, 1.807) is 12.1 Å². The number of carbonyl (C=O) groups excluding carboxylic acids is 1. The first kappa shape index (κ1) is 13.5. The highest BCUT2D eigenvalue weighted by atomic mass is 16.6. The van der Waals surface area contributed by atoms with E-state index in [4.69, 9.17) is 5.73 Å². The fourth-order valence-corrected chi connectivity index (χ4v) is 2.36. The van der Waals surface area contributed by atoms with Crippen molar-refractivity contribution in [2.45, 2.75) is 19.3 Å². The van der Waals surface area contributed by atoms with Gasteiger partial charge in [0.1, 0.15) is 5.69 Å². The summed E-state index contributed by atoms with van der Waals surface area (Å²) in [5.74, 6) is -0.284. The summed E-state index contributed by atoms with van der Waals surface area (Å²) in [6, 6.07) is 4.61. The molecular weight excluding hydrogens is 246 g/mol. The minimum atomic E-state index is -0.433. The van der Waals surface area contributed by atoms with Gasteiger partial charge in [-0.25, -0.2) is 0 Å². The Morgan fingerprint density at radius 3 is 2.58 bits per heavy atom. The van der Waals surface area contributed by atoms with Crippen LogP contribution in [-0.2, 0) is 0 Å². The molecule has 2 rings (SSSR count). The van der Waals surface area contributed by atoms with Crippen LogP contribution >= 0.6 is 0 Å². The van der Waals surface area contributed by atoms with Crippen LogP contribution in [0.2, 0.25) is 0 Å². The van der Waals surface area contributed by atoms with Gasteiger partial charge in [-0.2, -0.15) is 0 Å². The number of nitro groups is 1. The van der Waals surface area contributed by atoms with Crippen LogP contribution in [0.3, 0.4) is 0 Å². The van der Waals surface area contributed by atoms with Crippen molar-refractivity contribution in [2.75, 3.05) is 24.5 Å². The number of anilines is 1. The van der Waals surface area contributed by atoms with Crippen molar-refractivity contribution in [3.05, 3.63) is 33.9 Å². The second kappa shape index (κ2) is 5.79. The molecular formula is C13H17N3O3. The van der Waals surface area contributed by atoms with E-state index in [1.165, 1.54) is 6.07 Å². The Balaban J connectivity index is 2.37. The maximum absolute atomic E-state index is 11.5. The highest BCUT2D eigenvalue weighted by molar-refractivity contribution is 5.98. The fourth-order valence-electron chi connectivity index (χ4n) is 2.36. The zero-order valence-corrected chi connectivity index (χ0v) is 10.7. The maximum Gasteiger partial charge on any atom is 0.293 e. The predicted octanol–water partition coefficient (Wildman–Crippen LogP) is 1.73. The maximum atomic E-state index is 11.5. The van der Waals surface area contributed by atoms with Crippen LogP contribution in [0.5, 0.6) is 0 Å². The first-order valence-electron chi connectivity index (χ1n) is 6.40. The summed E-state index contributed by atoms with van der Waals surface area (Å²) in [5.41, 5.74) is 6.17. The molecule has 0 amide bonds. The van der Waals surface area contributed by atoms with Crippen LogP contribution in [0, 0.1) is 10.1 Å². The minimum Gasteiger partial charge on any atom is -0.366 e. The van der Waals surface area contributed by atoms with Crippen LogP contribution in [0.4, 0.5) is 11.4 Å².